The number of rotatable bonds is 11. The third kappa shape index (κ3) is 10.2. The number of amides is 3. The van der Waals surface area contributed by atoms with E-state index in [1.165, 1.54) is 6.20 Å². The number of carbonyl (C=O) groups excluding carboxylic acids is 3. The van der Waals surface area contributed by atoms with Gasteiger partial charge in [0.2, 0.25) is 17.6 Å². The van der Waals surface area contributed by atoms with Crippen LogP contribution in [0.2, 0.25) is 0 Å². The minimum absolute atomic E-state index is 0.122. The zero-order valence-electron chi connectivity index (χ0n) is 28.5. The molecule has 264 valence electrons. The molecule has 14 nitrogen and oxygen atoms in total. The van der Waals surface area contributed by atoms with Crippen molar-refractivity contribution in [1.82, 2.24) is 36.2 Å². The highest BCUT2D eigenvalue weighted by Gasteiger charge is 2.30. The van der Waals surface area contributed by atoms with Crippen molar-refractivity contribution in [3.05, 3.63) is 72.6 Å². The minimum atomic E-state index is -3.42. The van der Waals surface area contributed by atoms with Gasteiger partial charge in [-0.15, -0.1) is 10.2 Å². The van der Waals surface area contributed by atoms with E-state index in [0.29, 0.717) is 36.5 Å². The van der Waals surface area contributed by atoms with Gasteiger partial charge in [-0.3, -0.25) is 14.6 Å². The first-order valence-corrected chi connectivity index (χ1v) is 18.3. The third-order valence-electron chi connectivity index (χ3n) is 8.41. The monoisotopic (exact) mass is 702 g/mol. The fraction of sp³-hybridized carbons (Fsp3) is 0.400. The van der Waals surface area contributed by atoms with E-state index in [-0.39, 0.29) is 35.0 Å². The van der Waals surface area contributed by atoms with Gasteiger partial charge in [0.05, 0.1) is 4.90 Å². The summed E-state index contributed by atoms with van der Waals surface area (Å²) in [6.45, 7) is 5.91. The van der Waals surface area contributed by atoms with Gasteiger partial charge in [-0.2, -0.15) is 5.21 Å². The van der Waals surface area contributed by atoms with E-state index in [9.17, 15) is 22.8 Å². The number of ether oxygens (including phenoxy) is 1. The molecule has 0 spiro atoms. The van der Waals surface area contributed by atoms with E-state index in [4.69, 9.17) is 4.74 Å². The molecule has 1 aliphatic rings. The SMILES string of the molecule is CC(C)(C)OC(=O)NCC1CCC(C(=O)NC(Cc2ccc(-c3cncc(S(C)(=O)=O)c3)cc2)C(=O)Nc2ccc(-c3nn[nH]n3)cc2)CC1. The molecule has 2 aromatic carbocycles. The number of nitrogens with zero attached hydrogens (tertiary/aromatic N) is 4. The van der Waals surface area contributed by atoms with Gasteiger partial charge >= 0.3 is 6.09 Å². The Morgan fingerprint density at radius 3 is 2.24 bits per heavy atom. The molecule has 0 bridgehead atoms. The number of hydrogen-bond donors (Lipinski definition) is 4. The molecule has 1 atom stereocenters. The number of hydrogen-bond acceptors (Lipinski definition) is 10. The summed E-state index contributed by atoms with van der Waals surface area (Å²) in [7, 11) is -3.42. The second kappa shape index (κ2) is 15.6. The van der Waals surface area contributed by atoms with Crippen LogP contribution < -0.4 is 16.0 Å². The first-order valence-electron chi connectivity index (χ1n) is 16.4. The Labute approximate surface area is 291 Å². The van der Waals surface area contributed by atoms with Crippen molar-refractivity contribution < 1.29 is 27.5 Å². The number of nitrogens with one attached hydrogen (secondary N) is 4. The van der Waals surface area contributed by atoms with E-state index >= 15 is 0 Å². The maximum atomic E-state index is 13.7. The molecule has 0 radical (unpaired) electrons. The molecule has 1 aliphatic carbocycles. The molecule has 1 unspecified atom stereocenters. The second-order valence-electron chi connectivity index (χ2n) is 13.5. The first-order chi connectivity index (χ1) is 23.7. The summed E-state index contributed by atoms with van der Waals surface area (Å²) in [5.41, 5.74) is 2.88. The molecule has 2 aromatic heterocycles. The normalized spacial score (nSPS) is 17.0. The smallest absolute Gasteiger partial charge is 0.407 e. The number of aromatic amines is 1. The van der Waals surface area contributed by atoms with Crippen molar-refractivity contribution in [3.8, 4) is 22.5 Å². The number of aromatic nitrogens is 5. The minimum Gasteiger partial charge on any atom is -0.444 e. The zero-order valence-corrected chi connectivity index (χ0v) is 29.3. The molecular formula is C35H42N8O6S. The number of benzene rings is 2. The van der Waals surface area contributed by atoms with Crippen molar-refractivity contribution in [2.45, 2.75) is 69.4 Å². The summed E-state index contributed by atoms with van der Waals surface area (Å²) in [5, 5.41) is 22.7. The van der Waals surface area contributed by atoms with Crippen LogP contribution >= 0.6 is 0 Å². The van der Waals surface area contributed by atoms with Crippen molar-refractivity contribution in [2.75, 3.05) is 18.1 Å². The molecule has 50 heavy (non-hydrogen) atoms. The number of tetrazole rings is 1. The zero-order chi connectivity index (χ0) is 35.9. The highest BCUT2D eigenvalue weighted by Crippen LogP contribution is 2.29. The molecule has 4 N–H and O–H groups in total. The summed E-state index contributed by atoms with van der Waals surface area (Å²) >= 11 is 0. The summed E-state index contributed by atoms with van der Waals surface area (Å²) in [5.74, 6) is -0.195. The predicted molar refractivity (Wildman–Crippen MR) is 186 cm³/mol. The topological polar surface area (TPSA) is 198 Å². The van der Waals surface area contributed by atoms with Gasteiger partial charge in [0, 0.05) is 54.3 Å². The van der Waals surface area contributed by atoms with Crippen LogP contribution in [0.1, 0.15) is 52.0 Å². The second-order valence-corrected chi connectivity index (χ2v) is 15.6. The van der Waals surface area contributed by atoms with Crippen LogP contribution in [0, 0.1) is 11.8 Å². The number of alkyl carbamates (subject to hydrolysis) is 1. The Kier molecular flexibility index (Phi) is 11.2. The van der Waals surface area contributed by atoms with Gasteiger partial charge in [-0.05, 0) is 99.0 Å². The van der Waals surface area contributed by atoms with Gasteiger partial charge in [0.1, 0.15) is 11.6 Å². The Morgan fingerprint density at radius 2 is 1.62 bits per heavy atom. The Bertz CT molecular complexity index is 1880. The lowest BCUT2D eigenvalue weighted by molar-refractivity contribution is -0.130. The molecule has 1 fully saturated rings. The van der Waals surface area contributed by atoms with E-state index in [2.05, 4.69) is 41.6 Å². The predicted octanol–water partition coefficient (Wildman–Crippen LogP) is 4.33. The maximum Gasteiger partial charge on any atom is 0.407 e. The van der Waals surface area contributed by atoms with Crippen molar-refractivity contribution in [1.29, 1.82) is 0 Å². The summed E-state index contributed by atoms with van der Waals surface area (Å²) in [6, 6.07) is 15.0. The van der Waals surface area contributed by atoms with Crippen LogP contribution in [-0.2, 0) is 30.6 Å². The number of pyridine rings is 1. The molecule has 0 aliphatic heterocycles. The van der Waals surface area contributed by atoms with Crippen molar-refractivity contribution in [3.63, 3.8) is 0 Å². The lowest BCUT2D eigenvalue weighted by atomic mass is 9.81. The molecule has 15 heteroatoms. The molecule has 0 saturated heterocycles. The molecule has 3 amide bonds. The van der Waals surface area contributed by atoms with Gasteiger partial charge in [0.25, 0.3) is 0 Å². The first kappa shape index (κ1) is 36.1. The van der Waals surface area contributed by atoms with Crippen LogP contribution in [0.3, 0.4) is 0 Å². The fourth-order valence-corrected chi connectivity index (χ4v) is 6.33. The van der Waals surface area contributed by atoms with Crippen LogP contribution in [-0.4, -0.2) is 76.4 Å². The largest absolute Gasteiger partial charge is 0.444 e. The lowest BCUT2D eigenvalue weighted by Gasteiger charge is -2.29. The fourth-order valence-electron chi connectivity index (χ4n) is 5.73. The van der Waals surface area contributed by atoms with Gasteiger partial charge in [-0.1, -0.05) is 24.3 Å². The summed E-state index contributed by atoms with van der Waals surface area (Å²) in [4.78, 5) is 43.5. The number of sulfone groups is 1. The van der Waals surface area contributed by atoms with Gasteiger partial charge < -0.3 is 20.7 Å². The van der Waals surface area contributed by atoms with E-state index in [1.807, 2.05) is 45.0 Å². The number of anilines is 1. The Balaban J connectivity index is 1.25. The molecule has 4 aromatic rings. The Hall–Kier alpha value is -5.18. The van der Waals surface area contributed by atoms with E-state index in [0.717, 1.165) is 35.8 Å². The summed E-state index contributed by atoms with van der Waals surface area (Å²) in [6.07, 6.45) is 6.58. The van der Waals surface area contributed by atoms with Gasteiger partial charge in [-0.25, -0.2) is 13.2 Å². The molecular weight excluding hydrogens is 661 g/mol. The third-order valence-corrected chi connectivity index (χ3v) is 9.49. The number of carbonyl (C=O) groups is 3. The molecule has 2 heterocycles. The highest BCUT2D eigenvalue weighted by molar-refractivity contribution is 7.90. The van der Waals surface area contributed by atoms with Crippen LogP contribution in [0.5, 0.6) is 0 Å². The van der Waals surface area contributed by atoms with Crippen LogP contribution in [0.25, 0.3) is 22.5 Å². The summed E-state index contributed by atoms with van der Waals surface area (Å²) < 4.78 is 29.4. The van der Waals surface area contributed by atoms with Gasteiger partial charge in [0.15, 0.2) is 9.84 Å². The van der Waals surface area contributed by atoms with Crippen LogP contribution in [0.15, 0.2) is 71.9 Å². The highest BCUT2D eigenvalue weighted by atomic mass is 32.2. The number of H-pyrrole nitrogens is 1. The van der Waals surface area contributed by atoms with E-state index in [1.54, 1.807) is 36.5 Å². The Morgan fingerprint density at radius 1 is 0.940 bits per heavy atom. The average molecular weight is 703 g/mol. The maximum absolute atomic E-state index is 13.7. The standard InChI is InChI=1S/C35H42N8O6S/c1-35(2,3)49-34(46)37-19-23-7-11-26(12-8-23)32(44)39-30(33(45)38-28-15-13-25(14-16-28)31-40-42-43-41-31)17-22-5-9-24(10-6-22)27-18-29(21-36-20-27)50(4,47)48/h5-6,9-10,13-16,18,20-21,23,26,30H,7-8,11-12,17,19H2,1-4H3,(H,37,46)(H,38,45)(H,39,44)(H,40,41,42,43). The van der Waals surface area contributed by atoms with Crippen molar-refractivity contribution in [2.24, 2.45) is 11.8 Å². The van der Waals surface area contributed by atoms with Crippen LogP contribution in [0.4, 0.5) is 10.5 Å². The molecule has 5 rings (SSSR count). The lowest BCUT2D eigenvalue weighted by Crippen LogP contribution is -2.48. The van der Waals surface area contributed by atoms with Crippen molar-refractivity contribution >= 4 is 33.4 Å². The average Bonchev–Trinajstić information content (AvgIpc) is 3.62. The van der Waals surface area contributed by atoms with E-state index < -0.39 is 27.6 Å². The molecule has 1 saturated carbocycles. The quantitative estimate of drug-likeness (QED) is 0.175.